The molecule has 1 aromatic carbocycles. The van der Waals surface area contributed by atoms with Gasteiger partial charge in [0.1, 0.15) is 0 Å². The highest BCUT2D eigenvalue weighted by molar-refractivity contribution is 7.12. The molecule has 2 N–H and O–H groups in total. The summed E-state index contributed by atoms with van der Waals surface area (Å²) in [6, 6.07) is 12.5. The number of nitrogens with one attached hydrogen (secondary N) is 2. The van der Waals surface area contributed by atoms with Crippen molar-refractivity contribution in [1.82, 2.24) is 20.6 Å². The van der Waals surface area contributed by atoms with Gasteiger partial charge in [0.05, 0.1) is 16.3 Å². The Morgan fingerprint density at radius 3 is 2.33 bits per heavy atom. The summed E-state index contributed by atoms with van der Waals surface area (Å²) in [6.45, 7) is 3.91. The summed E-state index contributed by atoms with van der Waals surface area (Å²) in [5, 5.41) is 6.20. The molecule has 0 aliphatic rings. The maximum atomic E-state index is 12.1. The van der Waals surface area contributed by atoms with Crippen molar-refractivity contribution in [3.05, 3.63) is 69.7 Å². The van der Waals surface area contributed by atoms with E-state index in [1.54, 1.807) is 29.6 Å². The SMILES string of the molecule is Cc1cc(C)n(-c2ccc(C(=O)NNC(=O)c3cccs3)cc2)n1. The molecule has 2 amide bonds. The summed E-state index contributed by atoms with van der Waals surface area (Å²) in [5.41, 5.74) is 8.09. The number of thiophene rings is 1. The average molecular weight is 340 g/mol. The van der Waals surface area contributed by atoms with Crippen molar-refractivity contribution in [2.45, 2.75) is 13.8 Å². The molecule has 6 nitrogen and oxygen atoms in total. The Hall–Kier alpha value is -2.93. The molecule has 0 aliphatic carbocycles. The third-order valence-corrected chi connectivity index (χ3v) is 4.29. The highest BCUT2D eigenvalue weighted by Crippen LogP contribution is 2.13. The van der Waals surface area contributed by atoms with E-state index >= 15 is 0 Å². The van der Waals surface area contributed by atoms with Gasteiger partial charge in [-0.3, -0.25) is 20.4 Å². The molecule has 0 unspecified atom stereocenters. The molecule has 2 heterocycles. The van der Waals surface area contributed by atoms with Crippen molar-refractivity contribution in [3.8, 4) is 5.69 Å². The van der Waals surface area contributed by atoms with E-state index < -0.39 is 0 Å². The van der Waals surface area contributed by atoms with E-state index in [0.29, 0.717) is 10.4 Å². The Kier molecular flexibility index (Phi) is 4.43. The highest BCUT2D eigenvalue weighted by Gasteiger charge is 2.10. The van der Waals surface area contributed by atoms with E-state index in [9.17, 15) is 9.59 Å². The number of carbonyl (C=O) groups excluding carboxylic acids is 2. The number of carbonyl (C=O) groups is 2. The Bertz CT molecular complexity index is 867. The fourth-order valence-corrected chi connectivity index (χ4v) is 2.92. The van der Waals surface area contributed by atoms with Crippen LogP contribution in [0.2, 0.25) is 0 Å². The van der Waals surface area contributed by atoms with Crippen molar-refractivity contribution in [2.24, 2.45) is 0 Å². The molecule has 3 aromatic rings. The second-order valence-corrected chi connectivity index (χ2v) is 6.22. The van der Waals surface area contributed by atoms with Crippen molar-refractivity contribution in [1.29, 1.82) is 0 Å². The van der Waals surface area contributed by atoms with Gasteiger partial charge in [-0.15, -0.1) is 11.3 Å². The second kappa shape index (κ2) is 6.67. The van der Waals surface area contributed by atoms with Gasteiger partial charge >= 0.3 is 0 Å². The lowest BCUT2D eigenvalue weighted by Gasteiger charge is -2.08. The minimum absolute atomic E-state index is 0.336. The lowest BCUT2D eigenvalue weighted by molar-refractivity contribution is 0.0849. The summed E-state index contributed by atoms with van der Waals surface area (Å²) in [5.74, 6) is -0.711. The van der Waals surface area contributed by atoms with Crippen LogP contribution in [0.3, 0.4) is 0 Å². The lowest BCUT2D eigenvalue weighted by atomic mass is 10.2. The van der Waals surface area contributed by atoms with Gasteiger partial charge < -0.3 is 0 Å². The standard InChI is InChI=1S/C17H16N4O2S/c1-11-10-12(2)21(20-11)14-7-5-13(6-8-14)16(22)18-19-17(23)15-4-3-9-24-15/h3-10H,1-2H3,(H,18,22)(H,19,23). The number of aryl methyl sites for hydroxylation is 2. The van der Waals surface area contributed by atoms with Gasteiger partial charge in [0.25, 0.3) is 11.8 Å². The van der Waals surface area contributed by atoms with Crippen LogP contribution in [-0.4, -0.2) is 21.6 Å². The maximum absolute atomic E-state index is 12.1. The molecule has 0 saturated heterocycles. The number of nitrogens with zero attached hydrogens (tertiary/aromatic N) is 2. The van der Waals surface area contributed by atoms with Crippen LogP contribution in [0, 0.1) is 13.8 Å². The molecule has 24 heavy (non-hydrogen) atoms. The van der Waals surface area contributed by atoms with Crippen LogP contribution in [0.4, 0.5) is 0 Å². The zero-order valence-electron chi connectivity index (χ0n) is 13.2. The third-order valence-electron chi connectivity index (χ3n) is 3.42. The fourth-order valence-electron chi connectivity index (χ4n) is 2.30. The van der Waals surface area contributed by atoms with E-state index in [1.807, 2.05) is 36.7 Å². The fraction of sp³-hybridized carbons (Fsp3) is 0.118. The van der Waals surface area contributed by atoms with Crippen LogP contribution in [0.1, 0.15) is 31.4 Å². The van der Waals surface area contributed by atoms with Gasteiger partial charge in [0.15, 0.2) is 0 Å². The van der Waals surface area contributed by atoms with Crippen LogP contribution < -0.4 is 10.9 Å². The lowest BCUT2D eigenvalue weighted by Crippen LogP contribution is -2.41. The molecule has 0 atom stereocenters. The van der Waals surface area contributed by atoms with Crippen LogP contribution in [0.25, 0.3) is 5.69 Å². The van der Waals surface area contributed by atoms with Crippen LogP contribution >= 0.6 is 11.3 Å². The van der Waals surface area contributed by atoms with E-state index in [-0.39, 0.29) is 11.8 Å². The number of hydrazine groups is 1. The van der Waals surface area contributed by atoms with Crippen molar-refractivity contribution >= 4 is 23.2 Å². The van der Waals surface area contributed by atoms with Crippen LogP contribution in [0.15, 0.2) is 47.8 Å². The first-order valence-electron chi connectivity index (χ1n) is 7.32. The zero-order chi connectivity index (χ0) is 17.1. The Labute approximate surface area is 143 Å². The first kappa shape index (κ1) is 15.9. The highest BCUT2D eigenvalue weighted by atomic mass is 32.1. The molecule has 0 spiro atoms. The first-order valence-corrected chi connectivity index (χ1v) is 8.20. The molecular weight excluding hydrogens is 324 g/mol. The van der Waals surface area contributed by atoms with Gasteiger partial charge in [0.2, 0.25) is 0 Å². The Balaban J connectivity index is 1.66. The molecule has 0 bridgehead atoms. The normalized spacial score (nSPS) is 10.4. The quantitative estimate of drug-likeness (QED) is 0.720. The summed E-state index contributed by atoms with van der Waals surface area (Å²) >= 11 is 1.31. The largest absolute Gasteiger partial charge is 0.279 e. The molecule has 0 aliphatic heterocycles. The van der Waals surface area contributed by atoms with Crippen molar-refractivity contribution in [3.63, 3.8) is 0 Å². The number of benzene rings is 1. The Morgan fingerprint density at radius 1 is 1.04 bits per heavy atom. The summed E-state index contributed by atoms with van der Waals surface area (Å²) in [4.78, 5) is 24.4. The molecule has 0 saturated carbocycles. The molecule has 122 valence electrons. The van der Waals surface area contributed by atoms with Gasteiger partial charge in [-0.25, -0.2) is 4.68 Å². The molecule has 7 heteroatoms. The van der Waals surface area contributed by atoms with Crippen LogP contribution in [-0.2, 0) is 0 Å². The second-order valence-electron chi connectivity index (χ2n) is 5.27. The molecule has 0 radical (unpaired) electrons. The van der Waals surface area contributed by atoms with Gasteiger partial charge in [0, 0.05) is 11.3 Å². The molecule has 0 fully saturated rings. The first-order chi connectivity index (χ1) is 11.5. The zero-order valence-corrected chi connectivity index (χ0v) is 14.1. The topological polar surface area (TPSA) is 76.0 Å². The van der Waals surface area contributed by atoms with Crippen LogP contribution in [0.5, 0.6) is 0 Å². The van der Waals surface area contributed by atoms with E-state index in [0.717, 1.165) is 17.1 Å². The van der Waals surface area contributed by atoms with Gasteiger partial charge in [-0.2, -0.15) is 5.10 Å². The Morgan fingerprint density at radius 2 is 1.75 bits per heavy atom. The third kappa shape index (κ3) is 3.36. The van der Waals surface area contributed by atoms with E-state index in [4.69, 9.17) is 0 Å². The van der Waals surface area contributed by atoms with Gasteiger partial charge in [-0.1, -0.05) is 6.07 Å². The minimum atomic E-state index is -0.375. The number of rotatable bonds is 3. The maximum Gasteiger partial charge on any atom is 0.279 e. The van der Waals surface area contributed by atoms with Crippen molar-refractivity contribution < 1.29 is 9.59 Å². The molecular formula is C17H16N4O2S. The predicted octanol–water partition coefficient (Wildman–Crippen LogP) is 2.63. The molecule has 3 rings (SSSR count). The summed E-state index contributed by atoms with van der Waals surface area (Å²) in [6.07, 6.45) is 0. The number of hydrogen-bond acceptors (Lipinski definition) is 4. The summed E-state index contributed by atoms with van der Waals surface area (Å²) in [7, 11) is 0. The minimum Gasteiger partial charge on any atom is -0.267 e. The number of amides is 2. The number of aromatic nitrogens is 2. The predicted molar refractivity (Wildman–Crippen MR) is 92.3 cm³/mol. The van der Waals surface area contributed by atoms with Crippen molar-refractivity contribution in [2.75, 3.05) is 0 Å². The van der Waals surface area contributed by atoms with E-state index in [2.05, 4.69) is 16.0 Å². The monoisotopic (exact) mass is 340 g/mol. The average Bonchev–Trinajstić information content (AvgIpc) is 3.22. The smallest absolute Gasteiger partial charge is 0.267 e. The molecule has 2 aromatic heterocycles. The number of hydrogen-bond donors (Lipinski definition) is 2. The summed E-state index contributed by atoms with van der Waals surface area (Å²) < 4.78 is 1.82. The van der Waals surface area contributed by atoms with E-state index in [1.165, 1.54) is 11.3 Å². The van der Waals surface area contributed by atoms with Gasteiger partial charge in [-0.05, 0) is 55.6 Å².